The number of hydrogen-bond donors (Lipinski definition) is 1. The fourth-order valence-corrected chi connectivity index (χ4v) is 9.92. The molecule has 1 aliphatic heterocycles. The molecule has 0 spiro atoms. The molecule has 1 saturated carbocycles. The molecule has 2 aliphatic rings. The van der Waals surface area contributed by atoms with E-state index in [2.05, 4.69) is 14.2 Å². The molecule has 9 nitrogen and oxygen atoms in total. The van der Waals surface area contributed by atoms with Crippen LogP contribution in [-0.4, -0.2) is 109 Å². The molecule has 3 rings (SSSR count). The summed E-state index contributed by atoms with van der Waals surface area (Å²) in [6, 6.07) is 2.45. The van der Waals surface area contributed by atoms with Gasteiger partial charge in [-0.25, -0.2) is 0 Å². The predicted molar refractivity (Wildman–Crippen MR) is 172 cm³/mol. The minimum atomic E-state index is -7.16. The van der Waals surface area contributed by atoms with Gasteiger partial charge in [0.05, 0.1) is 5.92 Å². The summed E-state index contributed by atoms with van der Waals surface area (Å²) < 4.78 is 259. The average molecular weight is 914 g/mol. The zero-order valence-electron chi connectivity index (χ0n) is 30.0. The van der Waals surface area contributed by atoms with Crippen molar-refractivity contribution in [3.63, 3.8) is 0 Å². The molecule has 0 aromatic heterocycles. The fourth-order valence-electron chi connectivity index (χ4n) is 6.63. The number of carbonyl (C=O) groups excluding carboxylic acids is 2. The zero-order chi connectivity index (χ0) is 44.5. The van der Waals surface area contributed by atoms with E-state index in [1.54, 1.807) is 6.92 Å². The molecule has 1 aromatic carbocycles. The van der Waals surface area contributed by atoms with E-state index in [1.807, 2.05) is 0 Å². The first-order chi connectivity index (χ1) is 26.3. The van der Waals surface area contributed by atoms with Gasteiger partial charge in [0.2, 0.25) is 11.4 Å². The molecule has 4 unspecified atom stereocenters. The van der Waals surface area contributed by atoms with Crippen molar-refractivity contribution in [2.24, 2.45) is 5.92 Å². The lowest BCUT2D eigenvalue weighted by Gasteiger charge is -2.44. The molecule has 1 saturated heterocycles. The van der Waals surface area contributed by atoms with E-state index >= 15 is 17.6 Å². The largest absolute Gasteiger partial charge is 0.490 e. The van der Waals surface area contributed by atoms with Crippen LogP contribution >= 0.6 is 0 Å². The number of carbonyl (C=O) groups is 2. The number of Topliss-reactive ketones (excluding diaryl/α,β-unsaturated/α-hetero) is 1. The van der Waals surface area contributed by atoms with Gasteiger partial charge in [0, 0.05) is 12.7 Å². The van der Waals surface area contributed by atoms with Crippen LogP contribution in [-0.2, 0) is 40.0 Å². The zero-order valence-corrected chi connectivity index (χ0v) is 31.7. The van der Waals surface area contributed by atoms with Crippen molar-refractivity contribution in [2.45, 2.75) is 110 Å². The van der Waals surface area contributed by atoms with Gasteiger partial charge in [-0.15, -0.1) is 0 Å². The molecular weight excluding hydrogens is 877 g/mol. The topological polar surface area (TPSA) is 125 Å². The summed E-state index contributed by atoms with van der Waals surface area (Å²) in [5, 5.41) is -6.78. The standard InChI is InChI=1S/C32H35F15O9S2/c1-3-22(57-11-4-5-12-57)23(48)18-9-10-21(54-15-26(55-16-53-2,29(38,39)31(42,43)44)30(40,41)32(45,46)47)20(14-18)17-7-6-8-19(13-17)24(49)56-25(27(33,34)35)28(36,37)58(50,51)52/h9-10,14,17,19,22,25H,3-8,11-13,15-16H2,1-2H3/p+1. The van der Waals surface area contributed by atoms with Crippen molar-refractivity contribution in [1.82, 2.24) is 0 Å². The molecular formula is C32H36F15O9S2+. The third kappa shape index (κ3) is 9.90. The van der Waals surface area contributed by atoms with E-state index in [9.17, 15) is 66.3 Å². The molecule has 1 heterocycles. The van der Waals surface area contributed by atoms with Gasteiger partial charge in [-0.05, 0) is 79.1 Å². The van der Waals surface area contributed by atoms with Crippen molar-refractivity contribution in [1.29, 1.82) is 0 Å². The van der Waals surface area contributed by atoms with Gasteiger partial charge in [0.1, 0.15) is 30.7 Å². The Hall–Kier alpha value is -2.71. The summed E-state index contributed by atoms with van der Waals surface area (Å²) >= 11 is 0. The SMILES string of the molecule is CCC(C(=O)c1ccc(OCC(OCOC)(C(F)(F)C(F)(F)F)C(F)(F)C(F)(F)F)c(C2CCCC(C(=O)OC(C(F)(F)F)C(F)(F)S(=O)(=O)O)C2)c1)[S+]1CCCC1. The second-order valence-corrected chi connectivity index (χ2v) is 17.4. The van der Waals surface area contributed by atoms with E-state index in [4.69, 9.17) is 9.29 Å². The summed E-state index contributed by atoms with van der Waals surface area (Å²) in [5.74, 6) is -19.9. The Bertz CT molecular complexity index is 1680. The summed E-state index contributed by atoms with van der Waals surface area (Å²) in [5.41, 5.74) is -6.72. The number of alkyl halides is 15. The molecule has 4 atom stereocenters. The monoisotopic (exact) mass is 913 g/mol. The van der Waals surface area contributed by atoms with Crippen molar-refractivity contribution < 1.29 is 107 Å². The Labute approximate surface area is 323 Å². The maximum Gasteiger partial charge on any atom is 0.456 e. The van der Waals surface area contributed by atoms with Gasteiger partial charge in [-0.1, -0.05) is 13.3 Å². The lowest BCUT2D eigenvalue weighted by molar-refractivity contribution is -0.440. The van der Waals surface area contributed by atoms with E-state index in [1.165, 1.54) is 0 Å². The van der Waals surface area contributed by atoms with E-state index in [0.29, 0.717) is 24.7 Å². The van der Waals surface area contributed by atoms with Crippen LogP contribution in [0, 0.1) is 5.92 Å². The smallest absolute Gasteiger partial charge is 0.456 e. The minimum Gasteiger partial charge on any atom is -0.490 e. The molecule has 0 amide bonds. The van der Waals surface area contributed by atoms with Crippen LogP contribution in [0.15, 0.2) is 18.2 Å². The predicted octanol–water partition coefficient (Wildman–Crippen LogP) is 8.42. The van der Waals surface area contributed by atoms with Crippen molar-refractivity contribution in [3.8, 4) is 5.75 Å². The molecule has 0 radical (unpaired) electrons. The summed E-state index contributed by atoms with van der Waals surface area (Å²) in [6.45, 7) is -3.29. The molecule has 58 heavy (non-hydrogen) atoms. The average Bonchev–Trinajstić information content (AvgIpc) is 3.63. The maximum atomic E-state index is 15.0. The third-order valence-electron chi connectivity index (χ3n) is 9.63. The van der Waals surface area contributed by atoms with Gasteiger partial charge in [-0.3, -0.25) is 14.1 Å². The van der Waals surface area contributed by atoms with Crippen LogP contribution < -0.4 is 4.74 Å². The van der Waals surface area contributed by atoms with Gasteiger partial charge in [0.15, 0.2) is 5.25 Å². The number of esters is 1. The van der Waals surface area contributed by atoms with E-state index in [-0.39, 0.29) is 24.8 Å². The van der Waals surface area contributed by atoms with Crippen LogP contribution in [0.25, 0.3) is 0 Å². The summed E-state index contributed by atoms with van der Waals surface area (Å²) in [6.07, 6.45) is -25.4. The first-order valence-corrected chi connectivity index (χ1v) is 20.0. The minimum absolute atomic E-state index is 0.230. The number of ether oxygens (including phenoxy) is 4. The first kappa shape index (κ1) is 49.7. The normalized spacial score (nSPS) is 20.8. The van der Waals surface area contributed by atoms with Crippen LogP contribution in [0.1, 0.15) is 73.7 Å². The number of methoxy groups -OCH3 is 1. The third-order valence-corrected chi connectivity index (χ3v) is 13.5. The van der Waals surface area contributed by atoms with E-state index < -0.39 is 135 Å². The Morgan fingerprint density at radius 1 is 0.862 bits per heavy atom. The van der Waals surface area contributed by atoms with Gasteiger partial charge >= 0.3 is 51.7 Å². The number of rotatable bonds is 17. The maximum absolute atomic E-state index is 15.0. The second kappa shape index (κ2) is 17.7. The molecule has 1 aliphatic carbocycles. The second-order valence-electron chi connectivity index (χ2n) is 13.4. The highest BCUT2D eigenvalue weighted by atomic mass is 32.2. The number of benzene rings is 1. The Morgan fingerprint density at radius 3 is 1.88 bits per heavy atom. The Kier molecular flexibility index (Phi) is 15.2. The van der Waals surface area contributed by atoms with Crippen molar-refractivity contribution >= 4 is 32.8 Å². The Morgan fingerprint density at radius 2 is 1.41 bits per heavy atom. The van der Waals surface area contributed by atoms with Crippen LogP contribution in [0.2, 0.25) is 0 Å². The molecule has 0 bridgehead atoms. The molecule has 2 fully saturated rings. The molecule has 334 valence electrons. The highest BCUT2D eigenvalue weighted by Gasteiger charge is 2.86. The lowest BCUT2D eigenvalue weighted by atomic mass is 9.77. The first-order valence-electron chi connectivity index (χ1n) is 16.9. The number of ketones is 1. The van der Waals surface area contributed by atoms with Crippen LogP contribution in [0.4, 0.5) is 65.9 Å². The summed E-state index contributed by atoms with van der Waals surface area (Å²) in [4.78, 5) is 26.6. The highest BCUT2D eigenvalue weighted by Crippen LogP contribution is 2.57. The lowest BCUT2D eigenvalue weighted by Crippen LogP contribution is -2.74. The van der Waals surface area contributed by atoms with Crippen molar-refractivity contribution in [3.05, 3.63) is 29.3 Å². The van der Waals surface area contributed by atoms with Gasteiger partial charge in [-0.2, -0.15) is 74.3 Å². The fraction of sp³-hybridized carbons (Fsp3) is 0.750. The van der Waals surface area contributed by atoms with Crippen molar-refractivity contribution in [2.75, 3.05) is 32.0 Å². The van der Waals surface area contributed by atoms with E-state index in [0.717, 1.165) is 25.0 Å². The number of halogens is 15. The van der Waals surface area contributed by atoms with Gasteiger partial charge in [0.25, 0.3) is 6.10 Å². The quantitative estimate of drug-likeness (QED) is 0.0410. The summed E-state index contributed by atoms with van der Waals surface area (Å²) in [7, 11) is -6.84. The van der Waals surface area contributed by atoms with Crippen LogP contribution in [0.5, 0.6) is 5.75 Å². The Balaban J connectivity index is 2.19. The number of hydrogen-bond acceptors (Lipinski definition) is 8. The highest BCUT2D eigenvalue weighted by molar-refractivity contribution is 7.98. The molecule has 1 N–H and O–H groups in total. The van der Waals surface area contributed by atoms with Gasteiger partial charge < -0.3 is 18.9 Å². The van der Waals surface area contributed by atoms with Crippen LogP contribution in [0.3, 0.4) is 0 Å². The molecule has 26 heteroatoms. The molecule has 1 aromatic rings.